The predicted octanol–water partition coefficient (Wildman–Crippen LogP) is 3.99. The van der Waals surface area contributed by atoms with E-state index in [4.69, 9.17) is 0 Å². The van der Waals surface area contributed by atoms with Crippen molar-refractivity contribution in [2.75, 3.05) is 13.1 Å². The van der Waals surface area contributed by atoms with Crippen LogP contribution in [-0.2, 0) is 0 Å². The largest absolute Gasteiger partial charge is 0.313 e. The molecular formula is C19H30N2. The van der Waals surface area contributed by atoms with Crippen LogP contribution >= 0.6 is 0 Å². The van der Waals surface area contributed by atoms with Crippen molar-refractivity contribution < 1.29 is 0 Å². The molecule has 0 spiro atoms. The number of rotatable bonds is 6. The smallest absolute Gasteiger partial charge is 0.0374 e. The van der Waals surface area contributed by atoms with Gasteiger partial charge in [-0.15, -0.1) is 0 Å². The predicted molar refractivity (Wildman–Crippen MR) is 89.4 cm³/mol. The molecule has 0 radical (unpaired) electrons. The molecule has 1 aromatic carbocycles. The first kappa shape index (κ1) is 15.1. The zero-order valence-electron chi connectivity index (χ0n) is 13.6. The number of benzene rings is 1. The minimum atomic E-state index is 0.572. The Bertz CT molecular complexity index is 418. The molecular weight excluding hydrogens is 256 g/mol. The number of hydrogen-bond donors (Lipinski definition) is 1. The zero-order valence-corrected chi connectivity index (χ0v) is 13.6. The summed E-state index contributed by atoms with van der Waals surface area (Å²) in [5.41, 5.74) is 1.50. The van der Waals surface area contributed by atoms with E-state index in [2.05, 4.69) is 54.4 Å². The van der Waals surface area contributed by atoms with Crippen LogP contribution in [0.5, 0.6) is 0 Å². The van der Waals surface area contributed by atoms with E-state index in [1.54, 1.807) is 0 Å². The molecule has 1 saturated heterocycles. The average molecular weight is 286 g/mol. The Morgan fingerprint density at radius 3 is 2.43 bits per heavy atom. The summed E-state index contributed by atoms with van der Waals surface area (Å²) in [6, 6.07) is 13.2. The molecule has 3 rings (SSSR count). The normalized spacial score (nSPS) is 24.5. The van der Waals surface area contributed by atoms with Crippen LogP contribution in [0.1, 0.15) is 57.6 Å². The lowest BCUT2D eigenvalue weighted by Crippen LogP contribution is -2.46. The standard InChI is InChI=1S/C19H30N2/c1-15(2)19(16-8-4-3-5-9-16)21(18-11-12-18)14-17-10-6-7-13-20-17/h3-5,8-9,15,17-20H,6-7,10-14H2,1-2H3. The molecule has 2 fully saturated rings. The lowest BCUT2D eigenvalue weighted by molar-refractivity contribution is 0.123. The van der Waals surface area contributed by atoms with Gasteiger partial charge < -0.3 is 5.32 Å². The van der Waals surface area contributed by atoms with Gasteiger partial charge in [-0.1, -0.05) is 50.6 Å². The summed E-state index contributed by atoms with van der Waals surface area (Å²) in [6.07, 6.45) is 6.88. The Morgan fingerprint density at radius 1 is 1.10 bits per heavy atom. The maximum atomic E-state index is 3.74. The van der Waals surface area contributed by atoms with Crippen molar-refractivity contribution in [1.29, 1.82) is 0 Å². The molecule has 2 aliphatic rings. The monoisotopic (exact) mass is 286 g/mol. The van der Waals surface area contributed by atoms with Gasteiger partial charge in [0.1, 0.15) is 0 Å². The van der Waals surface area contributed by atoms with Crippen molar-refractivity contribution >= 4 is 0 Å². The summed E-state index contributed by atoms with van der Waals surface area (Å²) in [5.74, 6) is 0.664. The third-order valence-electron chi connectivity index (χ3n) is 4.99. The Morgan fingerprint density at radius 2 is 1.86 bits per heavy atom. The second kappa shape index (κ2) is 6.93. The van der Waals surface area contributed by atoms with E-state index in [-0.39, 0.29) is 0 Å². The Labute approximate surface area is 129 Å². The fourth-order valence-electron chi connectivity index (χ4n) is 3.84. The number of hydrogen-bond acceptors (Lipinski definition) is 2. The topological polar surface area (TPSA) is 15.3 Å². The van der Waals surface area contributed by atoms with Gasteiger partial charge in [0, 0.05) is 24.7 Å². The summed E-state index contributed by atoms with van der Waals surface area (Å²) in [7, 11) is 0. The quantitative estimate of drug-likeness (QED) is 0.850. The Balaban J connectivity index is 1.76. The van der Waals surface area contributed by atoms with Gasteiger partial charge in [-0.25, -0.2) is 0 Å². The van der Waals surface area contributed by atoms with Crippen molar-refractivity contribution in [3.05, 3.63) is 35.9 Å². The molecule has 0 amide bonds. The van der Waals surface area contributed by atoms with Gasteiger partial charge in [-0.05, 0) is 43.7 Å². The Kier molecular flexibility index (Phi) is 4.97. The summed E-state index contributed by atoms with van der Waals surface area (Å²) in [5, 5.41) is 3.74. The highest BCUT2D eigenvalue weighted by Crippen LogP contribution is 2.38. The van der Waals surface area contributed by atoms with Crippen molar-refractivity contribution in [3.63, 3.8) is 0 Å². The van der Waals surface area contributed by atoms with Crippen LogP contribution in [0.4, 0.5) is 0 Å². The van der Waals surface area contributed by atoms with E-state index in [1.165, 1.54) is 50.8 Å². The van der Waals surface area contributed by atoms with Gasteiger partial charge in [-0.3, -0.25) is 4.90 Å². The second-order valence-corrected chi connectivity index (χ2v) is 7.17. The fraction of sp³-hybridized carbons (Fsp3) is 0.684. The lowest BCUT2D eigenvalue weighted by Gasteiger charge is -2.38. The van der Waals surface area contributed by atoms with Gasteiger partial charge in [0.2, 0.25) is 0 Å². The van der Waals surface area contributed by atoms with Gasteiger partial charge in [0.25, 0.3) is 0 Å². The molecule has 2 atom stereocenters. The molecule has 0 bridgehead atoms. The molecule has 116 valence electrons. The first-order valence-electron chi connectivity index (χ1n) is 8.80. The lowest BCUT2D eigenvalue weighted by atomic mass is 9.93. The highest BCUT2D eigenvalue weighted by Gasteiger charge is 2.37. The van der Waals surface area contributed by atoms with Gasteiger partial charge in [0.05, 0.1) is 0 Å². The summed E-state index contributed by atoms with van der Waals surface area (Å²) in [4.78, 5) is 2.81. The van der Waals surface area contributed by atoms with Crippen LogP contribution in [0.15, 0.2) is 30.3 Å². The van der Waals surface area contributed by atoms with Gasteiger partial charge >= 0.3 is 0 Å². The minimum absolute atomic E-state index is 0.572. The van der Waals surface area contributed by atoms with E-state index in [9.17, 15) is 0 Å². The molecule has 1 aliphatic heterocycles. The van der Waals surface area contributed by atoms with E-state index >= 15 is 0 Å². The molecule has 1 N–H and O–H groups in total. The first-order valence-corrected chi connectivity index (χ1v) is 8.80. The van der Waals surface area contributed by atoms with Crippen LogP contribution in [0.3, 0.4) is 0 Å². The van der Waals surface area contributed by atoms with Crippen LogP contribution in [0, 0.1) is 5.92 Å². The molecule has 2 heteroatoms. The minimum Gasteiger partial charge on any atom is -0.313 e. The molecule has 1 heterocycles. The highest BCUT2D eigenvalue weighted by molar-refractivity contribution is 5.20. The van der Waals surface area contributed by atoms with Crippen molar-refractivity contribution in [3.8, 4) is 0 Å². The number of nitrogens with zero attached hydrogens (tertiary/aromatic N) is 1. The number of nitrogens with one attached hydrogen (secondary N) is 1. The molecule has 2 unspecified atom stereocenters. The van der Waals surface area contributed by atoms with Gasteiger partial charge in [-0.2, -0.15) is 0 Å². The van der Waals surface area contributed by atoms with Crippen LogP contribution in [-0.4, -0.2) is 30.1 Å². The summed E-state index contributed by atoms with van der Waals surface area (Å²) < 4.78 is 0. The second-order valence-electron chi connectivity index (χ2n) is 7.17. The van der Waals surface area contributed by atoms with E-state index < -0.39 is 0 Å². The zero-order chi connectivity index (χ0) is 14.7. The molecule has 21 heavy (non-hydrogen) atoms. The van der Waals surface area contributed by atoms with Gasteiger partial charge in [0.15, 0.2) is 0 Å². The van der Waals surface area contributed by atoms with Crippen LogP contribution < -0.4 is 5.32 Å². The van der Waals surface area contributed by atoms with E-state index in [1.807, 2.05) is 0 Å². The maximum Gasteiger partial charge on any atom is 0.0374 e. The van der Waals surface area contributed by atoms with E-state index in [0.29, 0.717) is 18.0 Å². The van der Waals surface area contributed by atoms with Crippen molar-refractivity contribution in [2.45, 2.75) is 64.1 Å². The molecule has 0 aromatic heterocycles. The third-order valence-corrected chi connectivity index (χ3v) is 4.99. The summed E-state index contributed by atoms with van der Waals surface area (Å²) >= 11 is 0. The SMILES string of the molecule is CC(C)C(c1ccccc1)N(CC1CCCCN1)C1CC1. The van der Waals surface area contributed by atoms with Crippen molar-refractivity contribution in [2.24, 2.45) is 5.92 Å². The molecule has 1 aromatic rings. The molecule has 2 nitrogen and oxygen atoms in total. The summed E-state index contributed by atoms with van der Waals surface area (Å²) in [6.45, 7) is 7.19. The fourth-order valence-corrected chi connectivity index (χ4v) is 3.84. The highest BCUT2D eigenvalue weighted by atomic mass is 15.2. The molecule has 1 saturated carbocycles. The average Bonchev–Trinajstić information content (AvgIpc) is 3.33. The first-order chi connectivity index (χ1) is 10.3. The molecule has 1 aliphatic carbocycles. The third kappa shape index (κ3) is 3.87. The van der Waals surface area contributed by atoms with Crippen molar-refractivity contribution in [1.82, 2.24) is 10.2 Å². The number of piperidine rings is 1. The van der Waals surface area contributed by atoms with Crippen LogP contribution in [0.25, 0.3) is 0 Å². The van der Waals surface area contributed by atoms with E-state index in [0.717, 1.165) is 6.04 Å². The van der Waals surface area contributed by atoms with Crippen LogP contribution in [0.2, 0.25) is 0 Å². The maximum absolute atomic E-state index is 3.74. The Hall–Kier alpha value is -0.860.